The summed E-state index contributed by atoms with van der Waals surface area (Å²) >= 11 is 0. The molecule has 0 amide bonds. The first kappa shape index (κ1) is 11.3. The summed E-state index contributed by atoms with van der Waals surface area (Å²) in [5, 5.41) is 3.80. The first-order chi connectivity index (χ1) is 7.81. The Balaban J connectivity index is 1.91. The van der Waals surface area contributed by atoms with Crippen LogP contribution in [0.3, 0.4) is 0 Å². The summed E-state index contributed by atoms with van der Waals surface area (Å²) in [7, 11) is 0. The van der Waals surface area contributed by atoms with Crippen LogP contribution in [0.25, 0.3) is 0 Å². The zero-order valence-corrected chi connectivity index (χ0v) is 9.56. The van der Waals surface area contributed by atoms with E-state index in [0.717, 1.165) is 19.5 Å². The maximum Gasteiger partial charge on any atom is 0.290 e. The van der Waals surface area contributed by atoms with Crippen LogP contribution in [0, 0.1) is 5.92 Å². The Bertz CT molecular complexity index is 351. The topological polar surface area (TPSA) is 59.2 Å². The Hall–Kier alpha value is -1.23. The Labute approximate surface area is 94.8 Å². The molecule has 1 unspecified atom stereocenters. The van der Waals surface area contributed by atoms with E-state index in [0.29, 0.717) is 18.0 Å². The largest absolute Gasteiger partial charge is 0.331 e. The monoisotopic (exact) mass is 223 g/mol. The van der Waals surface area contributed by atoms with Gasteiger partial charge in [0.2, 0.25) is 6.29 Å². The normalized spacial score (nSPS) is 22.2. The third-order valence-electron chi connectivity index (χ3n) is 3.11. The number of aromatic nitrogens is 2. The van der Waals surface area contributed by atoms with Crippen molar-refractivity contribution in [2.45, 2.75) is 26.2 Å². The summed E-state index contributed by atoms with van der Waals surface area (Å²) in [6.07, 6.45) is 3.85. The lowest BCUT2D eigenvalue weighted by atomic mass is 9.94. The highest BCUT2D eigenvalue weighted by Gasteiger charge is 2.20. The van der Waals surface area contributed by atoms with Gasteiger partial charge in [-0.05, 0) is 31.8 Å². The van der Waals surface area contributed by atoms with Gasteiger partial charge < -0.3 is 9.42 Å². The molecule has 1 fully saturated rings. The van der Waals surface area contributed by atoms with E-state index in [1.165, 1.54) is 19.4 Å². The molecule has 0 bridgehead atoms. The summed E-state index contributed by atoms with van der Waals surface area (Å²) < 4.78 is 4.77. The summed E-state index contributed by atoms with van der Waals surface area (Å²) in [4.78, 5) is 16.9. The van der Waals surface area contributed by atoms with Gasteiger partial charge in [0.15, 0.2) is 5.82 Å². The number of piperidine rings is 1. The molecular formula is C11H17N3O2. The summed E-state index contributed by atoms with van der Waals surface area (Å²) in [5.41, 5.74) is 0. The number of aldehydes is 1. The number of carbonyl (C=O) groups excluding carboxylic acids is 1. The van der Waals surface area contributed by atoms with Crippen molar-refractivity contribution in [2.24, 2.45) is 5.92 Å². The SMILES string of the molecule is CCN1CCCC(Cc2noc(C=O)n2)C1. The average molecular weight is 223 g/mol. The van der Waals surface area contributed by atoms with Gasteiger partial charge in [0.25, 0.3) is 5.89 Å². The van der Waals surface area contributed by atoms with Gasteiger partial charge in [-0.3, -0.25) is 4.79 Å². The second-order valence-corrected chi connectivity index (χ2v) is 4.27. The lowest BCUT2D eigenvalue weighted by Crippen LogP contribution is -2.36. The smallest absolute Gasteiger partial charge is 0.290 e. The summed E-state index contributed by atoms with van der Waals surface area (Å²) in [6.45, 7) is 5.57. The number of hydrogen-bond donors (Lipinski definition) is 0. The van der Waals surface area contributed by atoms with E-state index in [4.69, 9.17) is 4.52 Å². The molecule has 5 nitrogen and oxygen atoms in total. The predicted molar refractivity (Wildman–Crippen MR) is 58.2 cm³/mol. The second kappa shape index (κ2) is 5.21. The van der Waals surface area contributed by atoms with Crippen LogP contribution in [0.15, 0.2) is 4.52 Å². The number of rotatable bonds is 4. The van der Waals surface area contributed by atoms with Crippen molar-refractivity contribution in [1.82, 2.24) is 15.0 Å². The molecule has 2 rings (SSSR count). The minimum atomic E-state index is 0.0816. The third kappa shape index (κ3) is 2.66. The fraction of sp³-hybridized carbons (Fsp3) is 0.727. The summed E-state index contributed by atoms with van der Waals surface area (Å²) in [5.74, 6) is 1.33. The van der Waals surface area contributed by atoms with Crippen LogP contribution in [-0.2, 0) is 6.42 Å². The van der Waals surface area contributed by atoms with Gasteiger partial charge >= 0.3 is 0 Å². The molecule has 88 valence electrons. The van der Waals surface area contributed by atoms with E-state index in [1.807, 2.05) is 0 Å². The minimum Gasteiger partial charge on any atom is -0.331 e. The molecule has 1 aliphatic rings. The maximum absolute atomic E-state index is 10.4. The molecule has 1 aromatic heterocycles. The van der Waals surface area contributed by atoms with Crippen molar-refractivity contribution in [2.75, 3.05) is 19.6 Å². The molecule has 1 atom stereocenters. The molecule has 0 spiro atoms. The summed E-state index contributed by atoms with van der Waals surface area (Å²) in [6, 6.07) is 0. The zero-order valence-electron chi connectivity index (χ0n) is 9.56. The molecule has 0 radical (unpaired) electrons. The molecule has 5 heteroatoms. The third-order valence-corrected chi connectivity index (χ3v) is 3.11. The van der Waals surface area contributed by atoms with Crippen molar-refractivity contribution in [3.63, 3.8) is 0 Å². The van der Waals surface area contributed by atoms with Gasteiger partial charge in [0, 0.05) is 13.0 Å². The highest BCUT2D eigenvalue weighted by atomic mass is 16.5. The minimum absolute atomic E-state index is 0.0816. The quantitative estimate of drug-likeness (QED) is 0.717. The lowest BCUT2D eigenvalue weighted by Gasteiger charge is -2.31. The molecule has 1 saturated heterocycles. The van der Waals surface area contributed by atoms with Crippen LogP contribution in [0.4, 0.5) is 0 Å². The lowest BCUT2D eigenvalue weighted by molar-refractivity contribution is 0.108. The number of nitrogens with zero attached hydrogens (tertiary/aromatic N) is 3. The molecule has 0 aromatic carbocycles. The highest BCUT2D eigenvalue weighted by molar-refractivity contribution is 5.66. The van der Waals surface area contributed by atoms with Crippen LogP contribution in [0.2, 0.25) is 0 Å². The van der Waals surface area contributed by atoms with Crippen LogP contribution < -0.4 is 0 Å². The predicted octanol–water partition coefficient (Wildman–Crippen LogP) is 1.16. The van der Waals surface area contributed by atoms with E-state index in [-0.39, 0.29) is 5.89 Å². The van der Waals surface area contributed by atoms with Crippen LogP contribution in [0.5, 0.6) is 0 Å². The molecule has 1 aliphatic heterocycles. The van der Waals surface area contributed by atoms with Gasteiger partial charge in [-0.2, -0.15) is 4.98 Å². The van der Waals surface area contributed by atoms with Crippen molar-refractivity contribution in [3.05, 3.63) is 11.7 Å². The van der Waals surface area contributed by atoms with Gasteiger partial charge in [0.05, 0.1) is 0 Å². The first-order valence-electron chi connectivity index (χ1n) is 5.82. The maximum atomic E-state index is 10.4. The van der Waals surface area contributed by atoms with Crippen molar-refractivity contribution in [3.8, 4) is 0 Å². The van der Waals surface area contributed by atoms with Crippen LogP contribution in [-0.4, -0.2) is 41.0 Å². The fourth-order valence-corrected chi connectivity index (χ4v) is 2.26. The first-order valence-corrected chi connectivity index (χ1v) is 5.82. The molecule has 0 N–H and O–H groups in total. The van der Waals surface area contributed by atoms with Crippen LogP contribution >= 0.6 is 0 Å². The van der Waals surface area contributed by atoms with E-state index < -0.39 is 0 Å². The van der Waals surface area contributed by atoms with Gasteiger partial charge in [0.1, 0.15) is 0 Å². The Morgan fingerprint density at radius 2 is 2.50 bits per heavy atom. The number of carbonyl (C=O) groups is 1. The number of hydrogen-bond acceptors (Lipinski definition) is 5. The average Bonchev–Trinajstić information content (AvgIpc) is 2.77. The molecule has 0 saturated carbocycles. The van der Waals surface area contributed by atoms with Gasteiger partial charge in [-0.15, -0.1) is 0 Å². The molecule has 1 aromatic rings. The van der Waals surface area contributed by atoms with Crippen molar-refractivity contribution >= 4 is 6.29 Å². The molecule has 0 aliphatic carbocycles. The van der Waals surface area contributed by atoms with E-state index >= 15 is 0 Å². The molecular weight excluding hydrogens is 206 g/mol. The van der Waals surface area contributed by atoms with Gasteiger partial charge in [-0.25, -0.2) is 0 Å². The van der Waals surface area contributed by atoms with Crippen LogP contribution in [0.1, 0.15) is 36.3 Å². The Morgan fingerprint density at radius 1 is 1.62 bits per heavy atom. The second-order valence-electron chi connectivity index (χ2n) is 4.27. The standard InChI is InChI=1S/C11H17N3O2/c1-2-14-5-3-4-9(7-14)6-10-12-11(8-15)16-13-10/h8-9H,2-7H2,1H3. The van der Waals surface area contributed by atoms with Crippen molar-refractivity contribution in [1.29, 1.82) is 0 Å². The van der Waals surface area contributed by atoms with Gasteiger partial charge in [-0.1, -0.05) is 12.1 Å². The fourth-order valence-electron chi connectivity index (χ4n) is 2.26. The Morgan fingerprint density at radius 3 is 3.19 bits per heavy atom. The highest BCUT2D eigenvalue weighted by Crippen LogP contribution is 2.19. The number of likely N-dealkylation sites (tertiary alicyclic amines) is 1. The zero-order chi connectivity index (χ0) is 11.4. The van der Waals surface area contributed by atoms with E-state index in [9.17, 15) is 4.79 Å². The van der Waals surface area contributed by atoms with E-state index in [2.05, 4.69) is 22.0 Å². The molecule has 16 heavy (non-hydrogen) atoms. The van der Waals surface area contributed by atoms with Crippen molar-refractivity contribution < 1.29 is 9.32 Å². The molecule has 2 heterocycles. The van der Waals surface area contributed by atoms with E-state index in [1.54, 1.807) is 0 Å². The Kier molecular flexibility index (Phi) is 3.66.